The van der Waals surface area contributed by atoms with Gasteiger partial charge in [0.05, 0.1) is 0 Å². The zero-order chi connectivity index (χ0) is 14.3. The first-order valence-corrected chi connectivity index (χ1v) is 8.85. The van der Waals surface area contributed by atoms with E-state index in [4.69, 9.17) is 5.11 Å². The molecule has 0 amide bonds. The van der Waals surface area contributed by atoms with Crippen molar-refractivity contribution < 1.29 is 5.11 Å². The van der Waals surface area contributed by atoms with Crippen LogP contribution in [0.2, 0.25) is 0 Å². The van der Waals surface area contributed by atoms with Gasteiger partial charge in [0, 0.05) is 32.3 Å². The Balaban J connectivity index is 1.89. The van der Waals surface area contributed by atoms with E-state index in [1.54, 1.807) is 0 Å². The average molecular weight is 282 g/mol. The van der Waals surface area contributed by atoms with Crippen molar-refractivity contribution in [3.05, 3.63) is 0 Å². The lowest BCUT2D eigenvalue weighted by Gasteiger charge is -2.43. The number of nitrogens with zero attached hydrogens (tertiary/aromatic N) is 1. The van der Waals surface area contributed by atoms with Crippen LogP contribution < -0.4 is 5.32 Å². The summed E-state index contributed by atoms with van der Waals surface area (Å²) in [6.45, 7) is 7.29. The van der Waals surface area contributed by atoms with Gasteiger partial charge in [-0.05, 0) is 50.5 Å². The van der Waals surface area contributed by atoms with E-state index in [-0.39, 0.29) is 0 Å². The molecular weight excluding hydrogens is 248 g/mol. The van der Waals surface area contributed by atoms with Crippen LogP contribution in [-0.4, -0.2) is 48.8 Å². The van der Waals surface area contributed by atoms with E-state index < -0.39 is 0 Å². The van der Waals surface area contributed by atoms with Crippen molar-refractivity contribution in [3.63, 3.8) is 0 Å². The molecule has 2 aliphatic carbocycles. The zero-order valence-electron chi connectivity index (χ0n) is 13.4. The average Bonchev–Trinajstić information content (AvgIpc) is 2.83. The summed E-state index contributed by atoms with van der Waals surface area (Å²) in [5.74, 6) is 0. The van der Waals surface area contributed by atoms with Crippen LogP contribution in [0.1, 0.15) is 64.7 Å². The fraction of sp³-hybridized carbons (Fsp3) is 1.00. The molecule has 3 nitrogen and oxygen atoms in total. The molecule has 2 aliphatic rings. The van der Waals surface area contributed by atoms with Gasteiger partial charge < -0.3 is 10.4 Å². The second-order valence-corrected chi connectivity index (χ2v) is 7.02. The van der Waals surface area contributed by atoms with Crippen molar-refractivity contribution in [1.29, 1.82) is 0 Å². The molecule has 0 bridgehead atoms. The molecule has 118 valence electrons. The number of rotatable bonds is 10. The smallest absolute Gasteiger partial charge is 0.0443 e. The molecule has 2 fully saturated rings. The minimum atomic E-state index is 0.338. The van der Waals surface area contributed by atoms with Crippen molar-refractivity contribution in [2.75, 3.05) is 32.8 Å². The summed E-state index contributed by atoms with van der Waals surface area (Å²) in [4.78, 5) is 2.71. The van der Waals surface area contributed by atoms with Gasteiger partial charge in [0.1, 0.15) is 0 Å². The normalized spacial score (nSPS) is 22.4. The highest BCUT2D eigenvalue weighted by molar-refractivity contribution is 4.92. The maximum absolute atomic E-state index is 9.15. The second kappa shape index (κ2) is 8.35. The van der Waals surface area contributed by atoms with Crippen LogP contribution >= 0.6 is 0 Å². The van der Waals surface area contributed by atoms with Gasteiger partial charge in [-0.15, -0.1) is 0 Å². The van der Waals surface area contributed by atoms with Crippen LogP contribution in [0.4, 0.5) is 0 Å². The summed E-state index contributed by atoms with van der Waals surface area (Å²) in [5, 5.41) is 12.8. The quantitative estimate of drug-likeness (QED) is 0.605. The van der Waals surface area contributed by atoms with E-state index in [2.05, 4.69) is 17.1 Å². The van der Waals surface area contributed by atoms with E-state index >= 15 is 0 Å². The SMILES string of the molecule is CCCNCC1(CN(CCCO)C2CCC2)CCCC1. The van der Waals surface area contributed by atoms with Crippen molar-refractivity contribution in [2.24, 2.45) is 5.41 Å². The van der Waals surface area contributed by atoms with E-state index in [1.807, 2.05) is 0 Å². The first-order valence-electron chi connectivity index (χ1n) is 8.85. The van der Waals surface area contributed by atoms with Crippen LogP contribution in [0.3, 0.4) is 0 Å². The molecule has 2 saturated carbocycles. The lowest BCUT2D eigenvalue weighted by molar-refractivity contribution is 0.0634. The Morgan fingerprint density at radius 1 is 1.20 bits per heavy atom. The molecule has 0 aromatic carbocycles. The number of hydrogen-bond acceptors (Lipinski definition) is 3. The van der Waals surface area contributed by atoms with Gasteiger partial charge in [0.25, 0.3) is 0 Å². The van der Waals surface area contributed by atoms with E-state index in [9.17, 15) is 0 Å². The van der Waals surface area contributed by atoms with Gasteiger partial charge in [-0.2, -0.15) is 0 Å². The maximum Gasteiger partial charge on any atom is 0.0443 e. The van der Waals surface area contributed by atoms with Crippen molar-refractivity contribution in [2.45, 2.75) is 70.8 Å². The lowest BCUT2D eigenvalue weighted by atomic mass is 9.82. The molecule has 0 atom stereocenters. The Labute approximate surface area is 125 Å². The molecule has 0 aromatic rings. The van der Waals surface area contributed by atoms with E-state index in [0.29, 0.717) is 12.0 Å². The topological polar surface area (TPSA) is 35.5 Å². The summed E-state index contributed by atoms with van der Waals surface area (Å²) in [6.07, 6.45) is 11.9. The third-order valence-corrected chi connectivity index (χ3v) is 5.32. The van der Waals surface area contributed by atoms with Gasteiger partial charge >= 0.3 is 0 Å². The van der Waals surface area contributed by atoms with E-state index in [1.165, 1.54) is 64.5 Å². The highest BCUT2D eigenvalue weighted by atomic mass is 16.3. The van der Waals surface area contributed by atoms with Gasteiger partial charge in [-0.1, -0.05) is 26.2 Å². The molecule has 20 heavy (non-hydrogen) atoms. The Morgan fingerprint density at radius 3 is 2.50 bits per heavy atom. The monoisotopic (exact) mass is 282 g/mol. The summed E-state index contributed by atoms with van der Waals surface area (Å²) in [7, 11) is 0. The lowest BCUT2D eigenvalue weighted by Crippen LogP contribution is -2.49. The fourth-order valence-corrected chi connectivity index (χ4v) is 3.89. The molecule has 0 aromatic heterocycles. The molecular formula is C17H34N2O. The third kappa shape index (κ3) is 4.44. The highest BCUT2D eigenvalue weighted by Gasteiger charge is 2.37. The Hall–Kier alpha value is -0.120. The first kappa shape index (κ1) is 16.3. The Morgan fingerprint density at radius 2 is 1.95 bits per heavy atom. The number of nitrogens with one attached hydrogen (secondary N) is 1. The molecule has 3 heteroatoms. The molecule has 0 spiro atoms. The van der Waals surface area contributed by atoms with Crippen molar-refractivity contribution >= 4 is 0 Å². The van der Waals surface area contributed by atoms with Crippen LogP contribution in [-0.2, 0) is 0 Å². The van der Waals surface area contributed by atoms with Crippen LogP contribution in [0.25, 0.3) is 0 Å². The molecule has 0 radical (unpaired) electrons. The minimum absolute atomic E-state index is 0.338. The molecule has 0 aliphatic heterocycles. The molecule has 0 saturated heterocycles. The predicted octanol–water partition coefficient (Wildman–Crippen LogP) is 2.78. The summed E-state index contributed by atoms with van der Waals surface area (Å²) < 4.78 is 0. The summed E-state index contributed by atoms with van der Waals surface area (Å²) >= 11 is 0. The van der Waals surface area contributed by atoms with Crippen LogP contribution in [0, 0.1) is 5.41 Å². The zero-order valence-corrected chi connectivity index (χ0v) is 13.4. The maximum atomic E-state index is 9.15. The van der Waals surface area contributed by atoms with E-state index in [0.717, 1.165) is 25.6 Å². The Kier molecular flexibility index (Phi) is 6.79. The standard InChI is InChI=1S/C17H34N2O/c1-2-11-18-14-17(9-3-4-10-17)15-19(12-6-13-20)16-7-5-8-16/h16,18,20H,2-15H2,1H3. The second-order valence-electron chi connectivity index (χ2n) is 7.02. The summed E-state index contributed by atoms with van der Waals surface area (Å²) in [6, 6.07) is 0.810. The Bertz CT molecular complexity index is 260. The first-order chi connectivity index (χ1) is 9.79. The molecule has 2 rings (SSSR count). The van der Waals surface area contributed by atoms with Crippen LogP contribution in [0.15, 0.2) is 0 Å². The van der Waals surface area contributed by atoms with Crippen molar-refractivity contribution in [3.8, 4) is 0 Å². The van der Waals surface area contributed by atoms with Gasteiger partial charge in [0.2, 0.25) is 0 Å². The highest BCUT2D eigenvalue weighted by Crippen LogP contribution is 2.40. The minimum Gasteiger partial charge on any atom is -0.396 e. The fourth-order valence-electron chi connectivity index (χ4n) is 3.89. The molecule has 0 heterocycles. The third-order valence-electron chi connectivity index (χ3n) is 5.32. The number of aliphatic hydroxyl groups excluding tert-OH is 1. The predicted molar refractivity (Wildman–Crippen MR) is 85.0 cm³/mol. The van der Waals surface area contributed by atoms with Crippen LogP contribution in [0.5, 0.6) is 0 Å². The number of hydrogen-bond donors (Lipinski definition) is 2. The molecule has 2 N–H and O–H groups in total. The number of aliphatic hydroxyl groups is 1. The van der Waals surface area contributed by atoms with Gasteiger partial charge in [-0.3, -0.25) is 4.90 Å². The summed E-state index contributed by atoms with van der Waals surface area (Å²) in [5.41, 5.74) is 0.514. The van der Waals surface area contributed by atoms with Gasteiger partial charge in [0.15, 0.2) is 0 Å². The van der Waals surface area contributed by atoms with Gasteiger partial charge in [-0.25, -0.2) is 0 Å². The largest absolute Gasteiger partial charge is 0.396 e. The van der Waals surface area contributed by atoms with Crippen molar-refractivity contribution in [1.82, 2.24) is 10.2 Å². The molecule has 0 unspecified atom stereocenters.